The first-order valence-corrected chi connectivity index (χ1v) is 8.11. The summed E-state index contributed by atoms with van der Waals surface area (Å²) in [6, 6.07) is 5.60. The van der Waals surface area contributed by atoms with Crippen LogP contribution in [0.25, 0.3) is 0 Å². The quantitative estimate of drug-likeness (QED) is 0.845. The van der Waals surface area contributed by atoms with Gasteiger partial charge in [0.2, 0.25) is 5.91 Å². The Kier molecular flexibility index (Phi) is 5.40. The van der Waals surface area contributed by atoms with Gasteiger partial charge in [-0.3, -0.25) is 4.79 Å². The fourth-order valence-electron chi connectivity index (χ4n) is 1.94. The van der Waals surface area contributed by atoms with Gasteiger partial charge in [0.25, 0.3) is 0 Å². The molecular formula is C16H18N4O2S. The number of nitrogens with one attached hydrogen (secondary N) is 1. The van der Waals surface area contributed by atoms with Gasteiger partial charge >= 0.3 is 0 Å². The Morgan fingerprint density at radius 3 is 2.74 bits per heavy atom. The van der Waals surface area contributed by atoms with Crippen LogP contribution in [0.3, 0.4) is 0 Å². The molecule has 0 aromatic carbocycles. The number of pyridine rings is 1. The van der Waals surface area contributed by atoms with E-state index in [1.165, 1.54) is 11.8 Å². The summed E-state index contributed by atoms with van der Waals surface area (Å²) in [5.74, 6) is 0.832. The zero-order valence-corrected chi connectivity index (χ0v) is 14.3. The van der Waals surface area contributed by atoms with Crippen molar-refractivity contribution < 1.29 is 9.32 Å². The van der Waals surface area contributed by atoms with Crippen LogP contribution in [-0.2, 0) is 4.79 Å². The second kappa shape index (κ2) is 7.29. The Hall–Kier alpha value is -2.33. The van der Waals surface area contributed by atoms with Crippen molar-refractivity contribution in [2.24, 2.45) is 0 Å². The number of thioether (sulfide) groups is 1. The summed E-state index contributed by atoms with van der Waals surface area (Å²) in [4.78, 5) is 16.8. The fraction of sp³-hybridized carbons (Fsp3) is 0.375. The number of rotatable bonds is 5. The number of hydrogen-bond donors (Lipinski definition) is 1. The second-order valence-electron chi connectivity index (χ2n) is 5.18. The molecule has 1 amide bonds. The van der Waals surface area contributed by atoms with Gasteiger partial charge in [0.15, 0.2) is 5.82 Å². The number of hydrogen-bond acceptors (Lipinski definition) is 6. The Bertz CT molecular complexity index is 764. The largest absolute Gasteiger partial charge is 0.360 e. The molecule has 0 unspecified atom stereocenters. The summed E-state index contributed by atoms with van der Waals surface area (Å²) in [6.07, 6.45) is 0.604. The van der Waals surface area contributed by atoms with Gasteiger partial charge in [-0.05, 0) is 38.8 Å². The molecule has 0 saturated heterocycles. The van der Waals surface area contributed by atoms with Crippen molar-refractivity contribution in [2.75, 3.05) is 5.32 Å². The molecule has 1 atom stereocenters. The summed E-state index contributed by atoms with van der Waals surface area (Å²) >= 11 is 1.29. The summed E-state index contributed by atoms with van der Waals surface area (Å²) in [5, 5.41) is 16.0. The molecule has 0 aliphatic rings. The molecule has 2 aromatic heterocycles. The molecular weight excluding hydrogens is 312 g/mol. The first-order chi connectivity index (χ1) is 10.9. The third kappa shape index (κ3) is 4.11. The maximum absolute atomic E-state index is 12.4. The highest BCUT2D eigenvalue weighted by atomic mass is 32.2. The van der Waals surface area contributed by atoms with E-state index >= 15 is 0 Å². The smallest absolute Gasteiger partial charge is 0.239 e. The lowest BCUT2D eigenvalue weighted by Crippen LogP contribution is -2.25. The molecule has 0 radical (unpaired) electrons. The average molecular weight is 330 g/mol. The molecule has 0 bridgehead atoms. The molecule has 2 aromatic rings. The summed E-state index contributed by atoms with van der Waals surface area (Å²) in [5.41, 5.74) is 2.30. The third-order valence-electron chi connectivity index (χ3n) is 3.35. The molecule has 6 nitrogen and oxygen atoms in total. The maximum Gasteiger partial charge on any atom is 0.239 e. The minimum atomic E-state index is -0.367. The van der Waals surface area contributed by atoms with Crippen LogP contribution in [-0.4, -0.2) is 21.3 Å². The van der Waals surface area contributed by atoms with E-state index in [0.717, 1.165) is 11.3 Å². The highest BCUT2D eigenvalue weighted by molar-refractivity contribution is 8.00. The van der Waals surface area contributed by atoms with Crippen molar-refractivity contribution in [1.29, 1.82) is 5.26 Å². The molecule has 2 heterocycles. The van der Waals surface area contributed by atoms with E-state index in [9.17, 15) is 10.1 Å². The van der Waals surface area contributed by atoms with Crippen molar-refractivity contribution in [3.63, 3.8) is 0 Å². The molecule has 0 aliphatic heterocycles. The molecule has 0 fully saturated rings. The zero-order chi connectivity index (χ0) is 17.0. The average Bonchev–Trinajstić information content (AvgIpc) is 2.92. The maximum atomic E-state index is 12.4. The predicted octanol–water partition coefficient (Wildman–Crippen LogP) is 3.38. The number of nitrogens with zero attached hydrogens (tertiary/aromatic N) is 3. The van der Waals surface area contributed by atoms with Crippen molar-refractivity contribution in [3.05, 3.63) is 34.7 Å². The highest BCUT2D eigenvalue weighted by Gasteiger charge is 2.22. The molecule has 2 rings (SSSR count). The Morgan fingerprint density at radius 2 is 2.17 bits per heavy atom. The van der Waals surface area contributed by atoms with Crippen LogP contribution in [0, 0.1) is 32.1 Å². The topological polar surface area (TPSA) is 91.8 Å². The van der Waals surface area contributed by atoms with Gasteiger partial charge in [0.1, 0.15) is 16.9 Å². The number of amides is 1. The number of aryl methyl sites for hydroxylation is 3. The van der Waals surface area contributed by atoms with Crippen LogP contribution in [0.2, 0.25) is 0 Å². The number of carbonyl (C=O) groups is 1. The van der Waals surface area contributed by atoms with Crippen molar-refractivity contribution in [1.82, 2.24) is 10.1 Å². The van der Waals surface area contributed by atoms with Gasteiger partial charge in [-0.25, -0.2) is 4.98 Å². The molecule has 1 N–H and O–H groups in total. The highest BCUT2D eigenvalue weighted by Crippen LogP contribution is 2.29. The van der Waals surface area contributed by atoms with E-state index < -0.39 is 0 Å². The second-order valence-corrected chi connectivity index (χ2v) is 6.37. The predicted molar refractivity (Wildman–Crippen MR) is 88.2 cm³/mol. The van der Waals surface area contributed by atoms with Gasteiger partial charge in [0.05, 0.1) is 10.8 Å². The number of carbonyl (C=O) groups excluding carboxylic acids is 1. The molecule has 0 aliphatic carbocycles. The van der Waals surface area contributed by atoms with E-state index in [2.05, 4.69) is 21.5 Å². The van der Waals surface area contributed by atoms with Gasteiger partial charge in [-0.15, -0.1) is 0 Å². The van der Waals surface area contributed by atoms with Crippen LogP contribution in [0.5, 0.6) is 0 Å². The third-order valence-corrected chi connectivity index (χ3v) is 4.71. The summed E-state index contributed by atoms with van der Waals surface area (Å²) < 4.78 is 4.94. The molecule has 7 heteroatoms. The molecule has 120 valence electrons. The number of aromatic nitrogens is 2. The lowest BCUT2D eigenvalue weighted by Gasteiger charge is -2.14. The van der Waals surface area contributed by atoms with Crippen molar-refractivity contribution in [3.8, 4) is 6.07 Å². The van der Waals surface area contributed by atoms with Crippen LogP contribution in [0.1, 0.15) is 35.9 Å². The zero-order valence-electron chi connectivity index (χ0n) is 13.5. The Morgan fingerprint density at radius 1 is 1.43 bits per heavy atom. The summed E-state index contributed by atoms with van der Waals surface area (Å²) in [6.45, 7) is 7.47. The van der Waals surface area contributed by atoms with Crippen LogP contribution in [0.4, 0.5) is 5.82 Å². The van der Waals surface area contributed by atoms with Crippen LogP contribution >= 0.6 is 11.8 Å². The van der Waals surface area contributed by atoms with Crippen LogP contribution < -0.4 is 5.32 Å². The lowest BCUT2D eigenvalue weighted by atomic mass is 10.2. The SMILES string of the molecule is CC[C@H](Sc1nc(C)c(C)cc1C#N)C(=O)Nc1cc(C)on1. The normalized spacial score (nSPS) is 11.8. The minimum absolute atomic E-state index is 0.185. The molecule has 0 spiro atoms. The number of anilines is 1. The van der Waals surface area contributed by atoms with Gasteiger partial charge in [0, 0.05) is 11.8 Å². The monoisotopic (exact) mass is 330 g/mol. The summed E-state index contributed by atoms with van der Waals surface area (Å²) in [7, 11) is 0. The van der Waals surface area contributed by atoms with Crippen molar-refractivity contribution >= 4 is 23.5 Å². The first kappa shape index (κ1) is 17.0. The first-order valence-electron chi connectivity index (χ1n) is 7.23. The van der Waals surface area contributed by atoms with E-state index in [4.69, 9.17) is 4.52 Å². The number of nitriles is 1. The van der Waals surface area contributed by atoms with Crippen molar-refractivity contribution in [2.45, 2.75) is 44.4 Å². The Balaban J connectivity index is 2.17. The fourth-order valence-corrected chi connectivity index (χ4v) is 2.97. The lowest BCUT2D eigenvalue weighted by molar-refractivity contribution is -0.115. The van der Waals surface area contributed by atoms with Gasteiger partial charge < -0.3 is 9.84 Å². The van der Waals surface area contributed by atoms with E-state index in [1.807, 2.05) is 20.8 Å². The van der Waals surface area contributed by atoms with Gasteiger partial charge in [-0.1, -0.05) is 23.8 Å². The molecule has 0 saturated carbocycles. The molecule has 23 heavy (non-hydrogen) atoms. The van der Waals surface area contributed by atoms with E-state index in [-0.39, 0.29) is 11.2 Å². The minimum Gasteiger partial charge on any atom is -0.360 e. The van der Waals surface area contributed by atoms with Gasteiger partial charge in [-0.2, -0.15) is 5.26 Å². The van der Waals surface area contributed by atoms with E-state index in [0.29, 0.717) is 28.6 Å². The standard InChI is InChI=1S/C16H18N4O2S/c1-5-13(15(21)19-14-7-10(3)22-20-14)23-16-12(8-17)6-9(2)11(4)18-16/h6-7,13H,5H2,1-4H3,(H,19,20,21)/t13-/m0/s1. The van der Waals surface area contributed by atoms with E-state index in [1.54, 1.807) is 19.1 Å². The van der Waals surface area contributed by atoms with Crippen LogP contribution in [0.15, 0.2) is 21.7 Å². The Labute approximate surface area is 139 Å².